The summed E-state index contributed by atoms with van der Waals surface area (Å²) in [5, 5.41) is 0. The summed E-state index contributed by atoms with van der Waals surface area (Å²) in [6.07, 6.45) is 4.51. The maximum atomic E-state index is 10.5. The molecule has 0 fully saturated rings. The third-order valence-corrected chi connectivity index (χ3v) is 2.29. The van der Waals surface area contributed by atoms with Crippen molar-refractivity contribution in [2.75, 3.05) is 7.11 Å². The molecular formula is C11H11NO2. The van der Waals surface area contributed by atoms with Gasteiger partial charge in [-0.2, -0.15) is 0 Å². The highest BCUT2D eigenvalue weighted by atomic mass is 16.5. The molecule has 3 heteroatoms. The van der Waals surface area contributed by atoms with Crippen LogP contribution < -0.4 is 4.74 Å². The minimum absolute atomic E-state index is 0.638. The maximum absolute atomic E-state index is 10.5. The van der Waals surface area contributed by atoms with Crippen LogP contribution >= 0.6 is 0 Å². The summed E-state index contributed by atoms with van der Waals surface area (Å²) in [4.78, 5) is 12.1. The van der Waals surface area contributed by atoms with Crippen LogP contribution in [0.1, 0.15) is 11.1 Å². The summed E-state index contributed by atoms with van der Waals surface area (Å²) in [7, 11) is 1.64. The molecule has 0 spiro atoms. The van der Waals surface area contributed by atoms with Gasteiger partial charge in [-0.3, -0.25) is 4.79 Å². The number of hydrogen-bond donors (Lipinski definition) is 0. The molecule has 0 radical (unpaired) electrons. The van der Waals surface area contributed by atoms with Gasteiger partial charge in [0.15, 0.2) is 0 Å². The number of ether oxygens (including phenoxy) is 1. The number of nitrogens with zero attached hydrogens (tertiary/aromatic N) is 1. The Morgan fingerprint density at radius 1 is 1.50 bits per heavy atom. The Labute approximate surface area is 82.6 Å². The van der Waals surface area contributed by atoms with E-state index in [0.717, 1.165) is 23.3 Å². The number of carbonyl (C=O) groups excluding carboxylic acids is 1. The van der Waals surface area contributed by atoms with E-state index in [1.807, 2.05) is 24.3 Å². The van der Waals surface area contributed by atoms with E-state index in [0.29, 0.717) is 6.54 Å². The van der Waals surface area contributed by atoms with E-state index in [-0.39, 0.29) is 0 Å². The van der Waals surface area contributed by atoms with E-state index >= 15 is 0 Å². The summed E-state index contributed by atoms with van der Waals surface area (Å²) in [6, 6.07) is 5.85. The summed E-state index contributed by atoms with van der Waals surface area (Å²) >= 11 is 0. The second kappa shape index (κ2) is 3.54. The lowest BCUT2D eigenvalue weighted by Crippen LogP contribution is -2.17. The highest BCUT2D eigenvalue weighted by Gasteiger charge is 2.09. The fourth-order valence-corrected chi connectivity index (χ4v) is 1.50. The lowest BCUT2D eigenvalue weighted by Gasteiger charge is -2.19. The Morgan fingerprint density at radius 3 is 3.07 bits per heavy atom. The van der Waals surface area contributed by atoms with Crippen LogP contribution in [0.3, 0.4) is 0 Å². The van der Waals surface area contributed by atoms with Gasteiger partial charge in [-0.25, -0.2) is 0 Å². The van der Waals surface area contributed by atoms with E-state index in [4.69, 9.17) is 4.74 Å². The fraction of sp³-hybridized carbons (Fsp3) is 0.182. The predicted molar refractivity (Wildman–Crippen MR) is 53.6 cm³/mol. The Hall–Kier alpha value is -1.77. The van der Waals surface area contributed by atoms with Crippen molar-refractivity contribution in [2.45, 2.75) is 6.54 Å². The molecular weight excluding hydrogens is 178 g/mol. The molecule has 14 heavy (non-hydrogen) atoms. The van der Waals surface area contributed by atoms with Crippen LogP contribution in [0.5, 0.6) is 5.75 Å². The van der Waals surface area contributed by atoms with Crippen LogP contribution in [0.4, 0.5) is 0 Å². The van der Waals surface area contributed by atoms with Gasteiger partial charge in [0.25, 0.3) is 0 Å². The Morgan fingerprint density at radius 2 is 2.36 bits per heavy atom. The first-order valence-corrected chi connectivity index (χ1v) is 4.39. The van der Waals surface area contributed by atoms with Gasteiger partial charge in [0.2, 0.25) is 6.41 Å². The van der Waals surface area contributed by atoms with Crippen LogP contribution in [-0.4, -0.2) is 18.4 Å². The van der Waals surface area contributed by atoms with Gasteiger partial charge in [0.05, 0.1) is 13.7 Å². The molecule has 1 aliphatic rings. The van der Waals surface area contributed by atoms with E-state index in [9.17, 15) is 4.79 Å². The minimum atomic E-state index is 0.638. The number of carbonyl (C=O) groups is 1. The molecule has 0 saturated heterocycles. The Kier molecular flexibility index (Phi) is 2.23. The first-order valence-electron chi connectivity index (χ1n) is 4.39. The van der Waals surface area contributed by atoms with Crippen LogP contribution in [0, 0.1) is 0 Å². The molecule has 0 aliphatic carbocycles. The Bertz CT molecular complexity index is 385. The van der Waals surface area contributed by atoms with Gasteiger partial charge in [-0.15, -0.1) is 0 Å². The van der Waals surface area contributed by atoms with Crippen molar-refractivity contribution < 1.29 is 9.53 Å². The second-order valence-electron chi connectivity index (χ2n) is 3.16. The van der Waals surface area contributed by atoms with Gasteiger partial charge in [-0.1, -0.05) is 6.07 Å². The molecule has 1 amide bonds. The van der Waals surface area contributed by atoms with E-state index in [1.54, 1.807) is 18.2 Å². The largest absolute Gasteiger partial charge is 0.497 e. The van der Waals surface area contributed by atoms with Crippen molar-refractivity contribution >= 4 is 12.5 Å². The Balaban J connectivity index is 2.35. The molecule has 1 heterocycles. The van der Waals surface area contributed by atoms with Gasteiger partial charge in [0.1, 0.15) is 5.75 Å². The average Bonchev–Trinajstić information content (AvgIpc) is 2.27. The van der Waals surface area contributed by atoms with E-state index in [2.05, 4.69) is 0 Å². The van der Waals surface area contributed by atoms with Gasteiger partial charge in [-0.05, 0) is 29.3 Å². The normalized spacial score (nSPS) is 13.6. The van der Waals surface area contributed by atoms with Crippen molar-refractivity contribution in [2.24, 2.45) is 0 Å². The van der Waals surface area contributed by atoms with Crippen molar-refractivity contribution in [1.82, 2.24) is 4.90 Å². The zero-order valence-electron chi connectivity index (χ0n) is 7.93. The third kappa shape index (κ3) is 1.48. The van der Waals surface area contributed by atoms with Crippen molar-refractivity contribution in [1.29, 1.82) is 0 Å². The second-order valence-corrected chi connectivity index (χ2v) is 3.16. The van der Waals surface area contributed by atoms with Gasteiger partial charge in [0, 0.05) is 6.20 Å². The number of rotatable bonds is 2. The minimum Gasteiger partial charge on any atom is -0.497 e. The van der Waals surface area contributed by atoms with Gasteiger partial charge >= 0.3 is 0 Å². The fourth-order valence-electron chi connectivity index (χ4n) is 1.50. The van der Waals surface area contributed by atoms with E-state index in [1.165, 1.54) is 0 Å². The number of hydrogen-bond acceptors (Lipinski definition) is 2. The number of methoxy groups -OCH3 is 1. The van der Waals surface area contributed by atoms with Crippen LogP contribution in [0.15, 0.2) is 24.4 Å². The molecule has 1 aromatic rings. The molecule has 0 unspecified atom stereocenters. The first-order chi connectivity index (χ1) is 6.83. The van der Waals surface area contributed by atoms with Crippen molar-refractivity contribution in [3.05, 3.63) is 35.5 Å². The zero-order chi connectivity index (χ0) is 9.97. The average molecular weight is 189 g/mol. The maximum Gasteiger partial charge on any atom is 0.213 e. The molecule has 0 bridgehead atoms. The van der Waals surface area contributed by atoms with Crippen LogP contribution in [0.25, 0.3) is 6.08 Å². The van der Waals surface area contributed by atoms with Crippen LogP contribution in [-0.2, 0) is 11.3 Å². The molecule has 0 atom stereocenters. The topological polar surface area (TPSA) is 29.5 Å². The smallest absolute Gasteiger partial charge is 0.213 e. The number of fused-ring (bicyclic) bond motifs is 1. The monoisotopic (exact) mass is 189 g/mol. The van der Waals surface area contributed by atoms with Gasteiger partial charge < -0.3 is 9.64 Å². The predicted octanol–water partition coefficient (Wildman–Crippen LogP) is 1.64. The molecule has 72 valence electrons. The molecule has 3 nitrogen and oxygen atoms in total. The molecule has 0 saturated carbocycles. The lowest BCUT2D eigenvalue weighted by atomic mass is 10.0. The number of amides is 1. The van der Waals surface area contributed by atoms with Crippen LogP contribution in [0.2, 0.25) is 0 Å². The molecule has 1 aromatic carbocycles. The highest BCUT2D eigenvalue weighted by molar-refractivity contribution is 5.63. The number of benzene rings is 1. The SMILES string of the molecule is COc1ccc2c(c1)C=CN(C=O)C2. The summed E-state index contributed by atoms with van der Waals surface area (Å²) in [5.74, 6) is 0.841. The van der Waals surface area contributed by atoms with Crippen molar-refractivity contribution in [3.8, 4) is 5.75 Å². The first kappa shape index (κ1) is 8.81. The lowest BCUT2D eigenvalue weighted by molar-refractivity contribution is -0.116. The highest BCUT2D eigenvalue weighted by Crippen LogP contribution is 2.23. The molecule has 0 N–H and O–H groups in total. The molecule has 0 aromatic heterocycles. The standard InChI is InChI=1S/C11H11NO2/c1-14-11-3-2-10-7-12(8-13)5-4-9(10)6-11/h2-6,8H,7H2,1H3. The van der Waals surface area contributed by atoms with Crippen molar-refractivity contribution in [3.63, 3.8) is 0 Å². The summed E-state index contributed by atoms with van der Waals surface area (Å²) < 4.78 is 5.12. The molecule has 2 rings (SSSR count). The quantitative estimate of drug-likeness (QED) is 0.662. The molecule has 1 aliphatic heterocycles. The van der Waals surface area contributed by atoms with E-state index < -0.39 is 0 Å². The summed E-state index contributed by atoms with van der Waals surface area (Å²) in [6.45, 7) is 0.638. The third-order valence-electron chi connectivity index (χ3n) is 2.29. The summed E-state index contributed by atoms with van der Waals surface area (Å²) in [5.41, 5.74) is 2.25. The zero-order valence-corrected chi connectivity index (χ0v) is 7.93.